The number of esters is 1. The highest BCUT2D eigenvalue weighted by Crippen LogP contribution is 2.25. The number of carbonyl (C=O) groups excluding carboxylic acids is 4. The van der Waals surface area contributed by atoms with Crippen LogP contribution in [0.4, 0.5) is 4.79 Å². The number of ether oxygens (including phenoxy) is 2. The molecule has 10 heteroatoms. The van der Waals surface area contributed by atoms with Crippen LogP contribution in [-0.4, -0.2) is 59.1 Å². The Morgan fingerprint density at radius 2 is 1.52 bits per heavy atom. The van der Waals surface area contributed by atoms with Crippen molar-refractivity contribution in [3.63, 3.8) is 0 Å². The fourth-order valence-corrected chi connectivity index (χ4v) is 3.95. The number of rotatable bonds is 10. The first-order chi connectivity index (χ1) is 19.6. The van der Waals surface area contributed by atoms with Crippen LogP contribution < -0.4 is 10.6 Å². The van der Waals surface area contributed by atoms with Crippen molar-refractivity contribution in [1.29, 1.82) is 5.26 Å². The monoisotopic (exact) mass is 574 g/mol. The first-order valence-electron chi connectivity index (χ1n) is 13.4. The second-order valence-electron chi connectivity index (χ2n) is 11.5. The van der Waals surface area contributed by atoms with Crippen LogP contribution in [0.15, 0.2) is 54.6 Å². The number of carbonyl (C=O) groups is 4. The summed E-state index contributed by atoms with van der Waals surface area (Å²) in [7, 11) is 0. The second kappa shape index (κ2) is 14.7. The first-order valence-corrected chi connectivity index (χ1v) is 13.4. The van der Waals surface area contributed by atoms with E-state index < -0.39 is 60.3 Å². The summed E-state index contributed by atoms with van der Waals surface area (Å²) in [6, 6.07) is 14.9. The second-order valence-corrected chi connectivity index (χ2v) is 11.5. The number of alkyl carbamates (subject to hydrolysis) is 1. The summed E-state index contributed by atoms with van der Waals surface area (Å²) in [6.45, 7) is 9.08. The third-order valence-electron chi connectivity index (χ3n) is 5.61. The summed E-state index contributed by atoms with van der Waals surface area (Å²) in [6.07, 6.45) is 4.99. The van der Waals surface area contributed by atoms with Gasteiger partial charge in [-0.2, -0.15) is 5.26 Å². The molecule has 42 heavy (non-hydrogen) atoms. The minimum atomic E-state index is -1.41. The highest BCUT2D eigenvalue weighted by Gasteiger charge is 2.36. The molecule has 0 heterocycles. The van der Waals surface area contributed by atoms with E-state index in [1.165, 1.54) is 0 Å². The summed E-state index contributed by atoms with van der Waals surface area (Å²) in [5.74, 6) is 0.332. The molecule has 2 aromatic carbocycles. The number of benzene rings is 2. The largest absolute Gasteiger partial charge is 0.458 e. The van der Waals surface area contributed by atoms with Gasteiger partial charge >= 0.3 is 12.1 Å². The average Bonchev–Trinajstić information content (AvgIpc) is 2.90. The summed E-state index contributed by atoms with van der Waals surface area (Å²) in [4.78, 5) is 53.9. The molecule has 0 fully saturated rings. The van der Waals surface area contributed by atoms with Crippen molar-refractivity contribution in [2.75, 3.05) is 13.1 Å². The SMILES string of the molecule is C#Cc1ccccc1C(C(=O)NC(Cc1ccccc1)C(=O)OC(C)(C)C)N(CC#N)C(=O)CNC(=O)OC(C)(C)C. The van der Waals surface area contributed by atoms with E-state index in [4.69, 9.17) is 15.9 Å². The molecule has 2 N–H and O–H groups in total. The van der Waals surface area contributed by atoms with Gasteiger partial charge in [0.05, 0.1) is 6.07 Å². The lowest BCUT2D eigenvalue weighted by atomic mass is 9.97. The number of nitrogens with zero attached hydrogens (tertiary/aromatic N) is 2. The Bertz CT molecular complexity index is 1350. The van der Waals surface area contributed by atoms with Crippen LogP contribution in [0.1, 0.15) is 64.3 Å². The van der Waals surface area contributed by atoms with E-state index in [9.17, 15) is 24.4 Å². The zero-order chi connectivity index (χ0) is 31.5. The maximum absolute atomic E-state index is 14.0. The van der Waals surface area contributed by atoms with Crippen LogP contribution in [0.3, 0.4) is 0 Å². The Morgan fingerprint density at radius 1 is 0.929 bits per heavy atom. The van der Waals surface area contributed by atoms with Gasteiger partial charge in [-0.3, -0.25) is 9.59 Å². The van der Waals surface area contributed by atoms with Crippen molar-refractivity contribution in [3.05, 3.63) is 71.3 Å². The molecule has 0 aliphatic rings. The van der Waals surface area contributed by atoms with E-state index in [1.807, 2.05) is 24.3 Å². The van der Waals surface area contributed by atoms with E-state index in [0.717, 1.165) is 10.5 Å². The van der Waals surface area contributed by atoms with E-state index >= 15 is 0 Å². The molecule has 10 nitrogen and oxygen atoms in total. The Morgan fingerprint density at radius 3 is 2.10 bits per heavy atom. The number of nitriles is 1. The maximum atomic E-state index is 14.0. The Labute approximate surface area is 247 Å². The van der Waals surface area contributed by atoms with Crippen LogP contribution in [-0.2, 0) is 30.3 Å². The van der Waals surface area contributed by atoms with E-state index in [2.05, 4.69) is 16.6 Å². The third kappa shape index (κ3) is 10.6. The average molecular weight is 575 g/mol. The molecule has 0 radical (unpaired) electrons. The smallest absolute Gasteiger partial charge is 0.408 e. The van der Waals surface area contributed by atoms with E-state index in [-0.39, 0.29) is 12.0 Å². The molecule has 2 rings (SSSR count). The summed E-state index contributed by atoms with van der Waals surface area (Å²) in [5, 5.41) is 14.7. The van der Waals surface area contributed by atoms with Gasteiger partial charge in [0.15, 0.2) is 0 Å². The molecule has 2 unspecified atom stereocenters. The van der Waals surface area contributed by atoms with Crippen LogP contribution in [0, 0.1) is 23.7 Å². The van der Waals surface area contributed by atoms with Gasteiger partial charge in [-0.1, -0.05) is 54.5 Å². The molecule has 0 saturated heterocycles. The standard InChI is InChI=1S/C32H38N4O6/c1-8-23-16-12-13-17-24(23)27(36(19-18-33)26(37)21-34-30(40)42-32(5,6)7)28(38)35-25(29(39)41-31(2,3)4)20-22-14-10-9-11-15-22/h1,9-17,25,27H,19-21H2,2-7H3,(H,34,40)(H,35,38). The Kier molecular flexibility index (Phi) is 11.7. The van der Waals surface area contributed by atoms with Crippen LogP contribution in [0.25, 0.3) is 0 Å². The van der Waals surface area contributed by atoms with Gasteiger partial charge in [-0.05, 0) is 58.7 Å². The van der Waals surface area contributed by atoms with Gasteiger partial charge in [0.25, 0.3) is 0 Å². The summed E-state index contributed by atoms with van der Waals surface area (Å²) < 4.78 is 10.8. The van der Waals surface area contributed by atoms with Gasteiger partial charge in [0, 0.05) is 12.0 Å². The predicted molar refractivity (Wildman–Crippen MR) is 157 cm³/mol. The quantitative estimate of drug-likeness (QED) is 0.251. The Hall–Kier alpha value is -4.83. The highest BCUT2D eigenvalue weighted by molar-refractivity contribution is 5.93. The summed E-state index contributed by atoms with van der Waals surface area (Å²) >= 11 is 0. The van der Waals surface area contributed by atoms with Crippen molar-refractivity contribution in [3.8, 4) is 18.4 Å². The van der Waals surface area contributed by atoms with Gasteiger partial charge < -0.3 is 25.0 Å². The predicted octanol–water partition coefficient (Wildman–Crippen LogP) is 3.66. The number of hydrogen-bond donors (Lipinski definition) is 2. The zero-order valence-corrected chi connectivity index (χ0v) is 24.9. The third-order valence-corrected chi connectivity index (χ3v) is 5.61. The number of hydrogen-bond acceptors (Lipinski definition) is 7. The minimum Gasteiger partial charge on any atom is -0.458 e. The molecule has 3 amide bonds. The molecule has 222 valence electrons. The molecule has 0 saturated carbocycles. The van der Waals surface area contributed by atoms with Crippen molar-refractivity contribution >= 4 is 23.9 Å². The van der Waals surface area contributed by atoms with Gasteiger partial charge in [-0.25, -0.2) is 9.59 Å². The van der Waals surface area contributed by atoms with Crippen molar-refractivity contribution < 1.29 is 28.7 Å². The van der Waals surface area contributed by atoms with Gasteiger partial charge in [0.2, 0.25) is 11.8 Å². The minimum absolute atomic E-state index is 0.109. The van der Waals surface area contributed by atoms with Crippen LogP contribution >= 0.6 is 0 Å². The number of terminal acetylenes is 1. The molecule has 0 bridgehead atoms. The molecule has 2 aromatic rings. The fourth-order valence-electron chi connectivity index (χ4n) is 3.95. The molecule has 0 aromatic heterocycles. The molecule has 0 spiro atoms. The Balaban J connectivity index is 2.49. The lowest BCUT2D eigenvalue weighted by Crippen LogP contribution is -2.52. The van der Waals surface area contributed by atoms with Gasteiger partial charge in [-0.15, -0.1) is 6.42 Å². The number of amides is 3. The van der Waals surface area contributed by atoms with E-state index in [0.29, 0.717) is 5.56 Å². The molecule has 0 aliphatic carbocycles. The highest BCUT2D eigenvalue weighted by atomic mass is 16.6. The fraction of sp³-hybridized carbons (Fsp3) is 0.406. The van der Waals surface area contributed by atoms with Crippen molar-refractivity contribution in [2.45, 2.75) is 71.2 Å². The lowest BCUT2D eigenvalue weighted by Gasteiger charge is -2.32. The zero-order valence-electron chi connectivity index (χ0n) is 24.9. The summed E-state index contributed by atoms with van der Waals surface area (Å²) in [5.41, 5.74) is -0.294. The molecule has 0 aliphatic heterocycles. The van der Waals surface area contributed by atoms with Crippen molar-refractivity contribution in [2.24, 2.45) is 0 Å². The normalized spacial score (nSPS) is 12.5. The first kappa shape index (κ1) is 33.4. The topological polar surface area (TPSA) is 138 Å². The molecular weight excluding hydrogens is 536 g/mol. The maximum Gasteiger partial charge on any atom is 0.408 e. The van der Waals surface area contributed by atoms with Crippen molar-refractivity contribution in [1.82, 2.24) is 15.5 Å². The van der Waals surface area contributed by atoms with E-state index in [1.54, 1.807) is 77.9 Å². The molecular formula is C32H38N4O6. The molecule has 2 atom stereocenters. The lowest BCUT2D eigenvalue weighted by molar-refractivity contribution is -0.159. The van der Waals surface area contributed by atoms with Crippen LogP contribution in [0.2, 0.25) is 0 Å². The van der Waals surface area contributed by atoms with Gasteiger partial charge in [0.1, 0.15) is 36.4 Å². The number of nitrogens with one attached hydrogen (secondary N) is 2. The van der Waals surface area contributed by atoms with Crippen LogP contribution in [0.5, 0.6) is 0 Å².